The maximum absolute atomic E-state index is 5.41. The van der Waals surface area contributed by atoms with Crippen molar-refractivity contribution in [1.82, 2.24) is 15.0 Å². The third kappa shape index (κ3) is 8.44. The lowest BCUT2D eigenvalue weighted by Gasteiger charge is -2.25. The molecule has 276 valence electrons. The molecule has 0 fully saturated rings. The minimum absolute atomic E-state index is 0.00844. The Bertz CT molecular complexity index is 2440. The van der Waals surface area contributed by atoms with Gasteiger partial charge in [-0.1, -0.05) is 135 Å². The number of benzene rings is 4. The fraction of sp³-hybridized carbons (Fsp3) is 0.235. The number of hydrogen-bond donors (Lipinski definition) is 1. The number of rotatable bonds is 7. The van der Waals surface area contributed by atoms with Gasteiger partial charge in [0.05, 0.1) is 22.8 Å². The second-order valence-electron chi connectivity index (χ2n) is 17.6. The topological polar surface area (TPSA) is 50.7 Å². The largest absolute Gasteiger partial charge is 0.354 e. The first-order valence-electron chi connectivity index (χ1n) is 19.3. The summed E-state index contributed by atoms with van der Waals surface area (Å²) in [7, 11) is 0. The average Bonchev–Trinajstić information content (AvgIpc) is 3.17. The highest BCUT2D eigenvalue weighted by molar-refractivity contribution is 5.88. The highest BCUT2D eigenvalue weighted by Crippen LogP contribution is 2.41. The van der Waals surface area contributed by atoms with E-state index in [-0.39, 0.29) is 16.2 Å². The van der Waals surface area contributed by atoms with Crippen LogP contribution in [0.2, 0.25) is 0 Å². The second-order valence-corrected chi connectivity index (χ2v) is 17.6. The molecule has 0 unspecified atom stereocenters. The minimum Gasteiger partial charge on any atom is -0.354 e. The van der Waals surface area contributed by atoms with Crippen LogP contribution in [0.4, 0.5) is 11.4 Å². The normalized spacial score (nSPS) is 12.1. The van der Waals surface area contributed by atoms with Gasteiger partial charge in [0.1, 0.15) is 0 Å². The van der Waals surface area contributed by atoms with Crippen LogP contribution >= 0.6 is 0 Å². The Morgan fingerprint density at radius 1 is 0.364 bits per heavy atom. The van der Waals surface area contributed by atoms with E-state index in [9.17, 15) is 0 Å². The Morgan fingerprint density at radius 3 is 1.38 bits per heavy atom. The molecule has 4 aromatic carbocycles. The van der Waals surface area contributed by atoms with Crippen molar-refractivity contribution in [3.63, 3.8) is 0 Å². The number of nitrogens with zero attached hydrogens (tertiary/aromatic N) is 3. The first kappa shape index (κ1) is 37.4. The van der Waals surface area contributed by atoms with Crippen LogP contribution in [0.15, 0.2) is 146 Å². The van der Waals surface area contributed by atoms with Crippen LogP contribution < -0.4 is 5.32 Å². The summed E-state index contributed by atoms with van der Waals surface area (Å²) < 4.78 is 0. The van der Waals surface area contributed by atoms with Gasteiger partial charge in [-0.3, -0.25) is 9.97 Å². The fourth-order valence-electron chi connectivity index (χ4n) is 6.83. The van der Waals surface area contributed by atoms with Gasteiger partial charge in [-0.15, -0.1) is 0 Å². The van der Waals surface area contributed by atoms with Gasteiger partial charge in [0, 0.05) is 34.9 Å². The van der Waals surface area contributed by atoms with Gasteiger partial charge in [0.15, 0.2) is 0 Å². The van der Waals surface area contributed by atoms with Gasteiger partial charge in [0.25, 0.3) is 0 Å². The van der Waals surface area contributed by atoms with E-state index in [1.165, 1.54) is 16.7 Å². The van der Waals surface area contributed by atoms with Crippen molar-refractivity contribution in [3.05, 3.63) is 163 Å². The highest BCUT2D eigenvalue weighted by Gasteiger charge is 2.22. The molecule has 0 aliphatic heterocycles. The summed E-state index contributed by atoms with van der Waals surface area (Å²) in [6.07, 6.45) is 3.82. The number of nitrogens with one attached hydrogen (secondary N) is 1. The van der Waals surface area contributed by atoms with E-state index < -0.39 is 0 Å². The number of pyridine rings is 3. The molecule has 0 saturated heterocycles. The van der Waals surface area contributed by atoms with Crippen molar-refractivity contribution >= 4 is 11.4 Å². The van der Waals surface area contributed by atoms with Crippen LogP contribution in [0, 0.1) is 0 Å². The monoisotopic (exact) mass is 720 g/mol. The zero-order valence-electron chi connectivity index (χ0n) is 33.7. The fourth-order valence-corrected chi connectivity index (χ4v) is 6.83. The van der Waals surface area contributed by atoms with E-state index in [0.29, 0.717) is 0 Å². The van der Waals surface area contributed by atoms with Gasteiger partial charge in [0.2, 0.25) is 0 Å². The Hall–Kier alpha value is -5.87. The molecular formula is C51H52N4. The van der Waals surface area contributed by atoms with E-state index in [1.54, 1.807) is 0 Å². The van der Waals surface area contributed by atoms with Crippen molar-refractivity contribution < 1.29 is 0 Å². The molecule has 3 aromatic heterocycles. The van der Waals surface area contributed by atoms with Gasteiger partial charge in [-0.05, 0) is 116 Å². The van der Waals surface area contributed by atoms with Gasteiger partial charge >= 0.3 is 0 Å². The van der Waals surface area contributed by atoms with E-state index >= 15 is 0 Å². The van der Waals surface area contributed by atoms with Crippen molar-refractivity contribution in [1.29, 1.82) is 0 Å². The lowest BCUT2D eigenvalue weighted by atomic mass is 9.84. The molecule has 0 aliphatic carbocycles. The Balaban J connectivity index is 1.43. The van der Waals surface area contributed by atoms with Gasteiger partial charge in [-0.25, -0.2) is 4.98 Å². The van der Waals surface area contributed by atoms with E-state index in [1.807, 2.05) is 18.5 Å². The zero-order valence-corrected chi connectivity index (χ0v) is 33.7. The summed E-state index contributed by atoms with van der Waals surface area (Å²) in [4.78, 5) is 15.2. The predicted molar refractivity (Wildman–Crippen MR) is 233 cm³/mol. The smallest absolute Gasteiger partial charge is 0.0900 e. The molecular weight excluding hydrogens is 669 g/mol. The van der Waals surface area contributed by atoms with Gasteiger partial charge in [-0.2, -0.15) is 0 Å². The predicted octanol–water partition coefficient (Wildman–Crippen LogP) is 13.8. The molecule has 1 N–H and O–H groups in total. The molecule has 0 radical (unpaired) electrons. The Morgan fingerprint density at radius 2 is 0.818 bits per heavy atom. The van der Waals surface area contributed by atoms with Crippen molar-refractivity contribution in [2.45, 2.75) is 78.6 Å². The average molecular weight is 721 g/mol. The summed E-state index contributed by atoms with van der Waals surface area (Å²) in [5.41, 5.74) is 15.6. The molecule has 7 aromatic rings. The Labute approximate surface area is 327 Å². The lowest BCUT2D eigenvalue weighted by molar-refractivity contribution is 0.588. The Kier molecular flexibility index (Phi) is 10.0. The molecule has 0 atom stereocenters. The maximum atomic E-state index is 5.41. The molecule has 0 spiro atoms. The second kappa shape index (κ2) is 14.8. The molecule has 0 saturated carbocycles. The summed E-state index contributed by atoms with van der Waals surface area (Å²) >= 11 is 0. The molecule has 4 nitrogen and oxygen atoms in total. The van der Waals surface area contributed by atoms with Crippen LogP contribution in [0.25, 0.3) is 56.2 Å². The summed E-state index contributed by atoms with van der Waals surface area (Å²) in [5, 5.41) is 3.91. The van der Waals surface area contributed by atoms with Crippen LogP contribution in [0.3, 0.4) is 0 Å². The maximum Gasteiger partial charge on any atom is 0.0900 e. The third-order valence-electron chi connectivity index (χ3n) is 10.3. The van der Waals surface area contributed by atoms with Crippen LogP contribution in [0.1, 0.15) is 79.0 Å². The van der Waals surface area contributed by atoms with E-state index in [2.05, 4.69) is 195 Å². The molecule has 55 heavy (non-hydrogen) atoms. The highest BCUT2D eigenvalue weighted by atomic mass is 14.9. The van der Waals surface area contributed by atoms with Crippen LogP contribution in [-0.2, 0) is 16.2 Å². The lowest BCUT2D eigenvalue weighted by Crippen LogP contribution is -2.13. The molecule has 0 aliphatic rings. The first-order valence-corrected chi connectivity index (χ1v) is 19.3. The van der Waals surface area contributed by atoms with E-state index in [4.69, 9.17) is 15.0 Å². The molecule has 4 heteroatoms. The van der Waals surface area contributed by atoms with Crippen molar-refractivity contribution in [2.75, 3.05) is 5.32 Å². The first-order chi connectivity index (χ1) is 26.1. The number of anilines is 2. The zero-order chi connectivity index (χ0) is 39.0. The van der Waals surface area contributed by atoms with Crippen LogP contribution in [0.5, 0.6) is 0 Å². The summed E-state index contributed by atoms with van der Waals surface area (Å²) in [6, 6.07) is 47.4. The van der Waals surface area contributed by atoms with Crippen molar-refractivity contribution in [2.24, 2.45) is 0 Å². The third-order valence-corrected chi connectivity index (χ3v) is 10.3. The molecule has 0 amide bonds. The SMILES string of the molecule is CC(C)(C)c1ccnc(-c2cc(C(C)(C)C)ccc2Nc2ccc(C(C)(C)C)cc2-c2cc(-c3ccccc3)cc(-c3cc(-c4ccccc4)ccn3)n2)c1. The summed E-state index contributed by atoms with van der Waals surface area (Å²) in [6.45, 7) is 20.3. The van der Waals surface area contributed by atoms with Crippen molar-refractivity contribution in [3.8, 4) is 56.2 Å². The molecule has 0 bridgehead atoms. The molecule has 7 rings (SSSR count). The number of aromatic nitrogens is 3. The minimum atomic E-state index is -0.0739. The summed E-state index contributed by atoms with van der Waals surface area (Å²) in [5.74, 6) is 0. The number of hydrogen-bond acceptors (Lipinski definition) is 4. The van der Waals surface area contributed by atoms with Gasteiger partial charge < -0.3 is 5.32 Å². The quantitative estimate of drug-likeness (QED) is 0.178. The standard InChI is InChI=1S/C51H52N4/c1-49(2,3)38-20-22-43(41(31-38)45-33-40(25-27-52-45)51(7,8)9)54-44-23-21-39(50(4,5)6)32-42(44)46-29-37(35-18-14-11-15-19-35)30-48(55-46)47-28-36(24-26-53-47)34-16-12-10-13-17-34/h10-33,54H,1-9H3. The molecule has 3 heterocycles. The van der Waals surface area contributed by atoms with Crippen LogP contribution in [-0.4, -0.2) is 15.0 Å². The van der Waals surface area contributed by atoms with E-state index in [0.717, 1.165) is 67.5 Å².